The molecule has 3 atom stereocenters. The van der Waals surface area contributed by atoms with Gasteiger partial charge in [-0.05, 0) is 32.1 Å². The second-order valence-corrected chi connectivity index (χ2v) is 5.24. The van der Waals surface area contributed by atoms with Gasteiger partial charge in [-0.1, -0.05) is 19.8 Å². The van der Waals surface area contributed by atoms with Crippen LogP contribution in [0.3, 0.4) is 0 Å². The predicted octanol–water partition coefficient (Wildman–Crippen LogP) is 0.781. The molecular weight excluding hydrogens is 204 g/mol. The molecular formula is C12H24N2O2. The van der Waals surface area contributed by atoms with Crippen LogP contribution in [0.4, 0.5) is 0 Å². The number of carbonyl (C=O) groups excluding carboxylic acids is 1. The van der Waals surface area contributed by atoms with E-state index in [0.29, 0.717) is 12.3 Å². The first kappa shape index (κ1) is 13.5. The summed E-state index contributed by atoms with van der Waals surface area (Å²) in [6.45, 7) is 4.13. The van der Waals surface area contributed by atoms with E-state index in [1.165, 1.54) is 6.42 Å². The maximum Gasteiger partial charge on any atom is 0.240 e. The zero-order chi connectivity index (χ0) is 12.2. The van der Waals surface area contributed by atoms with Gasteiger partial charge in [0, 0.05) is 12.6 Å². The standard InChI is InChI=1S/C12H24N2O2/c1-9-4-3-6-12(13,8-9)11(16)14-10(2)5-7-15/h9-10,15H,3-8,13H2,1-2H3,(H,14,16). The van der Waals surface area contributed by atoms with E-state index in [1.807, 2.05) is 6.92 Å². The predicted molar refractivity (Wildman–Crippen MR) is 63.9 cm³/mol. The number of rotatable bonds is 4. The van der Waals surface area contributed by atoms with Crippen molar-refractivity contribution in [2.24, 2.45) is 11.7 Å². The summed E-state index contributed by atoms with van der Waals surface area (Å²) in [5.74, 6) is 0.470. The molecule has 1 aliphatic rings. The van der Waals surface area contributed by atoms with Gasteiger partial charge in [-0.25, -0.2) is 0 Å². The first-order chi connectivity index (χ1) is 7.48. The van der Waals surface area contributed by atoms with Gasteiger partial charge in [-0.15, -0.1) is 0 Å². The molecule has 0 spiro atoms. The van der Waals surface area contributed by atoms with Crippen molar-refractivity contribution in [2.75, 3.05) is 6.61 Å². The Morgan fingerprint density at radius 1 is 1.69 bits per heavy atom. The minimum atomic E-state index is -0.693. The summed E-state index contributed by atoms with van der Waals surface area (Å²) >= 11 is 0. The van der Waals surface area contributed by atoms with E-state index in [4.69, 9.17) is 10.8 Å². The Morgan fingerprint density at radius 2 is 2.38 bits per heavy atom. The van der Waals surface area contributed by atoms with Crippen molar-refractivity contribution < 1.29 is 9.90 Å². The molecule has 1 aliphatic carbocycles. The Hall–Kier alpha value is -0.610. The van der Waals surface area contributed by atoms with Gasteiger partial charge in [-0.2, -0.15) is 0 Å². The molecule has 0 aromatic heterocycles. The molecule has 0 aliphatic heterocycles. The first-order valence-electron chi connectivity index (χ1n) is 6.18. The maximum atomic E-state index is 12.0. The lowest BCUT2D eigenvalue weighted by molar-refractivity contribution is -0.128. The van der Waals surface area contributed by atoms with Crippen molar-refractivity contribution >= 4 is 5.91 Å². The third-order valence-electron chi connectivity index (χ3n) is 3.42. The lowest BCUT2D eigenvalue weighted by atomic mass is 9.76. The summed E-state index contributed by atoms with van der Waals surface area (Å²) in [6.07, 6.45) is 4.31. The molecule has 3 unspecified atom stereocenters. The first-order valence-corrected chi connectivity index (χ1v) is 6.18. The zero-order valence-electron chi connectivity index (χ0n) is 10.3. The van der Waals surface area contributed by atoms with Gasteiger partial charge >= 0.3 is 0 Å². The second-order valence-electron chi connectivity index (χ2n) is 5.24. The second kappa shape index (κ2) is 5.64. The average molecular weight is 228 g/mol. The summed E-state index contributed by atoms with van der Waals surface area (Å²) in [5.41, 5.74) is 5.47. The average Bonchev–Trinajstić information content (AvgIpc) is 2.17. The highest BCUT2D eigenvalue weighted by Gasteiger charge is 2.38. The van der Waals surface area contributed by atoms with E-state index in [-0.39, 0.29) is 18.6 Å². The molecule has 0 heterocycles. The summed E-state index contributed by atoms with van der Waals surface area (Å²) in [6, 6.07) is -0.00448. The highest BCUT2D eigenvalue weighted by Crippen LogP contribution is 2.30. The maximum absolute atomic E-state index is 12.0. The van der Waals surface area contributed by atoms with E-state index < -0.39 is 5.54 Å². The Labute approximate surface area is 97.6 Å². The summed E-state index contributed by atoms with van der Waals surface area (Å²) in [7, 11) is 0. The van der Waals surface area contributed by atoms with Gasteiger partial charge in [0.15, 0.2) is 0 Å². The van der Waals surface area contributed by atoms with E-state index in [9.17, 15) is 4.79 Å². The van der Waals surface area contributed by atoms with Gasteiger partial charge in [-0.3, -0.25) is 4.79 Å². The Kier molecular flexibility index (Phi) is 4.74. The number of aliphatic hydroxyl groups excluding tert-OH is 1. The topological polar surface area (TPSA) is 75.4 Å². The number of amides is 1. The van der Waals surface area contributed by atoms with Crippen LogP contribution in [0.1, 0.15) is 46.0 Å². The van der Waals surface area contributed by atoms with Gasteiger partial charge in [0.1, 0.15) is 0 Å². The highest BCUT2D eigenvalue weighted by atomic mass is 16.3. The van der Waals surface area contributed by atoms with Crippen molar-refractivity contribution in [3.05, 3.63) is 0 Å². The van der Waals surface area contributed by atoms with Crippen LogP contribution in [0.2, 0.25) is 0 Å². The molecule has 1 saturated carbocycles. The van der Waals surface area contributed by atoms with E-state index >= 15 is 0 Å². The van der Waals surface area contributed by atoms with Crippen molar-refractivity contribution in [3.63, 3.8) is 0 Å². The van der Waals surface area contributed by atoms with Crippen molar-refractivity contribution in [2.45, 2.75) is 57.5 Å². The van der Waals surface area contributed by atoms with Gasteiger partial charge < -0.3 is 16.2 Å². The molecule has 1 amide bonds. The molecule has 0 aromatic rings. The van der Waals surface area contributed by atoms with Gasteiger partial charge in [0.2, 0.25) is 5.91 Å². The van der Waals surface area contributed by atoms with Crippen molar-refractivity contribution in [3.8, 4) is 0 Å². The van der Waals surface area contributed by atoms with Crippen LogP contribution in [-0.4, -0.2) is 29.2 Å². The lowest BCUT2D eigenvalue weighted by Crippen LogP contribution is -2.57. The molecule has 1 rings (SSSR count). The molecule has 0 saturated heterocycles. The number of nitrogens with two attached hydrogens (primary N) is 1. The normalized spacial score (nSPS) is 32.1. The molecule has 4 nitrogen and oxygen atoms in total. The van der Waals surface area contributed by atoms with Crippen LogP contribution in [0.25, 0.3) is 0 Å². The van der Waals surface area contributed by atoms with Gasteiger partial charge in [0.05, 0.1) is 5.54 Å². The molecule has 4 N–H and O–H groups in total. The van der Waals surface area contributed by atoms with Crippen LogP contribution < -0.4 is 11.1 Å². The third kappa shape index (κ3) is 3.46. The Morgan fingerprint density at radius 3 is 2.94 bits per heavy atom. The lowest BCUT2D eigenvalue weighted by Gasteiger charge is -2.36. The van der Waals surface area contributed by atoms with Crippen molar-refractivity contribution in [1.29, 1.82) is 0 Å². The highest BCUT2D eigenvalue weighted by molar-refractivity contribution is 5.86. The fourth-order valence-corrected chi connectivity index (χ4v) is 2.43. The fraction of sp³-hybridized carbons (Fsp3) is 0.917. The number of hydrogen-bond donors (Lipinski definition) is 3. The van der Waals surface area contributed by atoms with Crippen LogP contribution in [0.15, 0.2) is 0 Å². The third-order valence-corrected chi connectivity index (χ3v) is 3.42. The number of aliphatic hydroxyl groups is 1. The van der Waals surface area contributed by atoms with Crippen LogP contribution >= 0.6 is 0 Å². The summed E-state index contributed by atoms with van der Waals surface area (Å²) in [5, 5.41) is 11.7. The molecule has 16 heavy (non-hydrogen) atoms. The smallest absolute Gasteiger partial charge is 0.240 e. The van der Waals surface area contributed by atoms with E-state index in [1.54, 1.807) is 0 Å². The largest absolute Gasteiger partial charge is 0.396 e. The number of hydrogen-bond acceptors (Lipinski definition) is 3. The van der Waals surface area contributed by atoms with E-state index in [2.05, 4.69) is 12.2 Å². The van der Waals surface area contributed by atoms with Crippen LogP contribution in [0.5, 0.6) is 0 Å². The van der Waals surface area contributed by atoms with Crippen molar-refractivity contribution in [1.82, 2.24) is 5.32 Å². The van der Waals surface area contributed by atoms with Crippen LogP contribution in [-0.2, 0) is 4.79 Å². The minimum Gasteiger partial charge on any atom is -0.396 e. The molecule has 4 heteroatoms. The monoisotopic (exact) mass is 228 g/mol. The quantitative estimate of drug-likeness (QED) is 0.665. The SMILES string of the molecule is CC1CCCC(N)(C(=O)NC(C)CCO)C1. The number of carbonyl (C=O) groups is 1. The molecule has 0 radical (unpaired) electrons. The summed E-state index contributed by atoms with van der Waals surface area (Å²) < 4.78 is 0. The van der Waals surface area contributed by atoms with Gasteiger partial charge in [0.25, 0.3) is 0 Å². The molecule has 0 bridgehead atoms. The molecule has 0 aromatic carbocycles. The van der Waals surface area contributed by atoms with Crippen LogP contribution in [0, 0.1) is 5.92 Å². The summed E-state index contributed by atoms with van der Waals surface area (Å²) in [4.78, 5) is 12.0. The molecule has 1 fully saturated rings. The fourth-order valence-electron chi connectivity index (χ4n) is 2.43. The Bertz CT molecular complexity index is 245. The molecule has 94 valence electrons. The Balaban J connectivity index is 2.51. The van der Waals surface area contributed by atoms with E-state index in [0.717, 1.165) is 19.3 Å². The zero-order valence-corrected chi connectivity index (χ0v) is 10.3. The minimum absolute atomic E-state index is 0.00448. The number of nitrogens with one attached hydrogen (secondary N) is 1.